The van der Waals surface area contributed by atoms with Gasteiger partial charge in [0, 0.05) is 19.3 Å². The fourth-order valence-corrected chi connectivity index (χ4v) is 7.90. The third kappa shape index (κ3) is 55.3. The molecule has 0 fully saturated rings. The molecule has 0 radical (unpaired) electrons. The van der Waals surface area contributed by atoms with Gasteiger partial charge in [-0.05, 0) is 109 Å². The molecular formula is C64H108O6. The van der Waals surface area contributed by atoms with Crippen molar-refractivity contribution in [2.45, 2.75) is 277 Å². The number of unbranched alkanes of at least 4 members (excludes halogenated alkanes) is 27. The van der Waals surface area contributed by atoms with E-state index >= 15 is 0 Å². The monoisotopic (exact) mass is 973 g/mol. The molecule has 6 nitrogen and oxygen atoms in total. The first-order valence-electron chi connectivity index (χ1n) is 29.3. The second-order valence-electron chi connectivity index (χ2n) is 19.3. The Morgan fingerprint density at radius 1 is 0.300 bits per heavy atom. The number of hydrogen-bond donors (Lipinski definition) is 0. The van der Waals surface area contributed by atoms with Crippen LogP contribution < -0.4 is 0 Å². The summed E-state index contributed by atoms with van der Waals surface area (Å²) < 4.78 is 16.8. The van der Waals surface area contributed by atoms with Gasteiger partial charge in [0.05, 0.1) is 0 Å². The molecule has 0 saturated heterocycles. The zero-order valence-corrected chi connectivity index (χ0v) is 45.8. The Labute approximate surface area is 432 Å². The number of hydrogen-bond acceptors (Lipinski definition) is 6. The minimum atomic E-state index is -0.818. The van der Waals surface area contributed by atoms with Gasteiger partial charge in [-0.25, -0.2) is 0 Å². The first-order chi connectivity index (χ1) is 34.5. The molecule has 0 heterocycles. The average molecular weight is 974 g/mol. The summed E-state index contributed by atoms with van der Waals surface area (Å²) in [7, 11) is 0. The Balaban J connectivity index is 4.52. The fourth-order valence-electron chi connectivity index (χ4n) is 7.90. The zero-order chi connectivity index (χ0) is 50.7. The third-order valence-corrected chi connectivity index (χ3v) is 12.3. The van der Waals surface area contributed by atoms with Gasteiger partial charge in [-0.15, -0.1) is 0 Å². The van der Waals surface area contributed by atoms with Crippen molar-refractivity contribution in [1.82, 2.24) is 0 Å². The third-order valence-electron chi connectivity index (χ3n) is 12.3. The first kappa shape index (κ1) is 66.3. The molecule has 0 saturated carbocycles. The van der Waals surface area contributed by atoms with Crippen LogP contribution in [0.2, 0.25) is 0 Å². The fraction of sp³-hybridized carbons (Fsp3) is 0.703. The largest absolute Gasteiger partial charge is 0.462 e. The molecule has 0 rings (SSSR count). The van der Waals surface area contributed by atoms with Crippen molar-refractivity contribution in [3.05, 3.63) is 97.2 Å². The highest BCUT2D eigenvalue weighted by Gasteiger charge is 2.19. The van der Waals surface area contributed by atoms with Crippen LogP contribution in [0.5, 0.6) is 0 Å². The quantitative estimate of drug-likeness (QED) is 0.0199. The van der Waals surface area contributed by atoms with Crippen LogP contribution >= 0.6 is 0 Å². The molecule has 1 atom stereocenters. The maximum atomic E-state index is 12.8. The highest BCUT2D eigenvalue weighted by atomic mass is 16.6. The second kappa shape index (κ2) is 57.9. The van der Waals surface area contributed by atoms with Crippen molar-refractivity contribution in [3.8, 4) is 0 Å². The zero-order valence-electron chi connectivity index (χ0n) is 45.8. The molecule has 0 aromatic carbocycles. The van der Waals surface area contributed by atoms with Crippen LogP contribution in [0.15, 0.2) is 97.2 Å². The lowest BCUT2D eigenvalue weighted by Crippen LogP contribution is -2.30. The van der Waals surface area contributed by atoms with Crippen LogP contribution in [0.1, 0.15) is 271 Å². The standard InChI is InChI=1S/C64H108O6/c1-4-7-10-13-16-19-22-25-28-31-34-36-39-42-45-48-51-54-57-63(66)69-60-61(70-64(67)58-55-52-49-46-43-40-37-33-30-27-24-21-18-15-12-9-6-3)59-68-62(65)56-53-50-47-44-41-38-35-32-29-26-23-20-17-14-11-8-5-2/h17,20,22,25-31,34,36-37,40,46,49,61H,4-16,18-19,21,23-24,32-33,35,38-39,41-45,47-48,50-60H2,1-3H3/b20-17-,25-22-,29-26-,30-27-,31-28-,36-34-,40-37-,49-46-. The number of carbonyl (C=O) groups is 3. The number of esters is 3. The smallest absolute Gasteiger partial charge is 0.306 e. The molecule has 0 aliphatic heterocycles. The van der Waals surface area contributed by atoms with Gasteiger partial charge in [-0.1, -0.05) is 240 Å². The molecule has 1 unspecified atom stereocenters. The lowest BCUT2D eigenvalue weighted by atomic mass is 10.1. The Morgan fingerprint density at radius 3 is 0.986 bits per heavy atom. The number of ether oxygens (including phenoxy) is 3. The van der Waals surface area contributed by atoms with E-state index in [4.69, 9.17) is 14.2 Å². The summed E-state index contributed by atoms with van der Waals surface area (Å²) in [6, 6.07) is 0. The van der Waals surface area contributed by atoms with Gasteiger partial charge in [0.2, 0.25) is 0 Å². The summed E-state index contributed by atoms with van der Waals surface area (Å²) in [4.78, 5) is 38.2. The lowest BCUT2D eigenvalue weighted by Gasteiger charge is -2.18. The predicted molar refractivity (Wildman–Crippen MR) is 302 cm³/mol. The minimum Gasteiger partial charge on any atom is -0.462 e. The Bertz CT molecular complexity index is 1400. The molecule has 0 bridgehead atoms. The normalized spacial score (nSPS) is 12.8. The van der Waals surface area contributed by atoms with E-state index in [0.29, 0.717) is 19.3 Å². The summed E-state index contributed by atoms with van der Waals surface area (Å²) in [5.74, 6) is -0.986. The molecule has 0 aliphatic carbocycles. The van der Waals surface area contributed by atoms with Crippen molar-refractivity contribution in [1.29, 1.82) is 0 Å². The van der Waals surface area contributed by atoms with E-state index in [0.717, 1.165) is 96.3 Å². The van der Waals surface area contributed by atoms with E-state index in [1.54, 1.807) is 0 Å². The summed E-state index contributed by atoms with van der Waals surface area (Å²) in [5.41, 5.74) is 0. The summed E-state index contributed by atoms with van der Waals surface area (Å²) in [6.07, 6.45) is 76.8. The van der Waals surface area contributed by atoms with E-state index in [-0.39, 0.29) is 37.5 Å². The molecule has 6 heteroatoms. The van der Waals surface area contributed by atoms with Gasteiger partial charge in [0.1, 0.15) is 13.2 Å². The van der Waals surface area contributed by atoms with Crippen molar-refractivity contribution >= 4 is 17.9 Å². The van der Waals surface area contributed by atoms with E-state index in [1.165, 1.54) is 128 Å². The summed E-state index contributed by atoms with van der Waals surface area (Å²) in [6.45, 7) is 6.53. The van der Waals surface area contributed by atoms with Gasteiger partial charge in [0.15, 0.2) is 6.10 Å². The average Bonchev–Trinajstić information content (AvgIpc) is 3.36. The van der Waals surface area contributed by atoms with Crippen LogP contribution in [0, 0.1) is 0 Å². The molecule has 70 heavy (non-hydrogen) atoms. The molecule has 0 N–H and O–H groups in total. The van der Waals surface area contributed by atoms with Gasteiger partial charge in [-0.3, -0.25) is 14.4 Å². The number of rotatable bonds is 52. The molecule has 0 spiro atoms. The van der Waals surface area contributed by atoms with Gasteiger partial charge >= 0.3 is 17.9 Å². The SMILES string of the molecule is CCCCC/C=C\C/C=C\CCCCCCCCCC(=O)OCC(COC(=O)CCCCCCC\C=C/C=C\C=C/CCCCCCC)OC(=O)CCC/C=C\C/C=C\C/C=C\CCCCCCCC. The topological polar surface area (TPSA) is 78.9 Å². The highest BCUT2D eigenvalue weighted by Crippen LogP contribution is 2.14. The predicted octanol–water partition coefficient (Wildman–Crippen LogP) is 19.7. The molecule has 0 aromatic heterocycles. The Hall–Kier alpha value is -3.67. The van der Waals surface area contributed by atoms with E-state index in [9.17, 15) is 14.4 Å². The Morgan fingerprint density at radius 2 is 0.586 bits per heavy atom. The summed E-state index contributed by atoms with van der Waals surface area (Å²) in [5, 5.41) is 0. The highest BCUT2D eigenvalue weighted by molar-refractivity contribution is 5.71. The maximum absolute atomic E-state index is 12.8. The molecule has 0 amide bonds. The van der Waals surface area contributed by atoms with Crippen LogP contribution in [-0.2, 0) is 28.6 Å². The van der Waals surface area contributed by atoms with Crippen molar-refractivity contribution in [2.75, 3.05) is 13.2 Å². The van der Waals surface area contributed by atoms with Crippen molar-refractivity contribution in [2.24, 2.45) is 0 Å². The van der Waals surface area contributed by atoms with Crippen LogP contribution in [0.4, 0.5) is 0 Å². The maximum Gasteiger partial charge on any atom is 0.306 e. The number of carbonyl (C=O) groups excluding carboxylic acids is 3. The van der Waals surface area contributed by atoms with Crippen LogP contribution in [0.3, 0.4) is 0 Å². The first-order valence-corrected chi connectivity index (χ1v) is 29.3. The van der Waals surface area contributed by atoms with Crippen LogP contribution in [-0.4, -0.2) is 37.2 Å². The van der Waals surface area contributed by atoms with E-state index in [1.807, 2.05) is 0 Å². The Kier molecular flexibility index (Phi) is 54.9. The lowest BCUT2D eigenvalue weighted by molar-refractivity contribution is -0.167. The van der Waals surface area contributed by atoms with E-state index < -0.39 is 6.10 Å². The molecule has 400 valence electrons. The summed E-state index contributed by atoms with van der Waals surface area (Å²) >= 11 is 0. The van der Waals surface area contributed by atoms with Crippen LogP contribution in [0.25, 0.3) is 0 Å². The van der Waals surface area contributed by atoms with Gasteiger partial charge in [0.25, 0.3) is 0 Å². The number of allylic oxidation sites excluding steroid dienone is 16. The van der Waals surface area contributed by atoms with Gasteiger partial charge in [-0.2, -0.15) is 0 Å². The molecular weight excluding hydrogens is 865 g/mol. The van der Waals surface area contributed by atoms with Crippen molar-refractivity contribution < 1.29 is 28.6 Å². The molecule has 0 aromatic rings. The van der Waals surface area contributed by atoms with E-state index in [2.05, 4.69) is 118 Å². The minimum absolute atomic E-state index is 0.109. The second-order valence-corrected chi connectivity index (χ2v) is 19.3. The molecule has 0 aliphatic rings. The van der Waals surface area contributed by atoms with Crippen molar-refractivity contribution in [3.63, 3.8) is 0 Å². The van der Waals surface area contributed by atoms with Gasteiger partial charge < -0.3 is 14.2 Å².